The Hall–Kier alpha value is -4.70. The Labute approximate surface area is 255 Å². The van der Waals surface area contributed by atoms with Crippen molar-refractivity contribution in [3.8, 4) is 23.0 Å². The molecule has 0 atom stereocenters. The lowest BCUT2D eigenvalue weighted by molar-refractivity contribution is 0.473. The fraction of sp³-hybridized carbons (Fsp3) is 0.231. The zero-order valence-corrected chi connectivity index (χ0v) is 25.8. The molecule has 0 fully saturated rings. The topological polar surface area (TPSA) is 80.9 Å². The fourth-order valence-electron chi connectivity index (χ4n) is 5.31. The maximum absolute atomic E-state index is 9.57. The van der Waals surface area contributed by atoms with E-state index < -0.39 is 0 Å². The number of benzene rings is 5. The van der Waals surface area contributed by atoms with Crippen molar-refractivity contribution in [1.29, 1.82) is 0 Å². The Bertz CT molecular complexity index is 1510. The third-order valence-electron chi connectivity index (χ3n) is 8.66. The van der Waals surface area contributed by atoms with Crippen LogP contribution in [0.1, 0.15) is 74.9 Å². The standard InChI is InChI=1S/C24H26O2.C15H16O2/c1-23(2,17-8-12-21(25)13-9-17)19-6-5-7-20(16-19)24(3,4)18-10-14-22(26)15-11-18;1-15(2,11-3-7-13(16)8-4-11)12-5-9-14(17)10-6-12/h5-16,25-26H,1-4H3;3-10,16-17H,1-2H3. The highest BCUT2D eigenvalue weighted by Crippen LogP contribution is 2.38. The number of phenolic OH excluding ortho intramolecular Hbond substituents is 4. The van der Waals surface area contributed by atoms with Crippen molar-refractivity contribution in [2.24, 2.45) is 0 Å². The van der Waals surface area contributed by atoms with Crippen LogP contribution in [0.5, 0.6) is 23.0 Å². The van der Waals surface area contributed by atoms with Gasteiger partial charge >= 0.3 is 0 Å². The lowest BCUT2D eigenvalue weighted by atomic mass is 9.73. The zero-order chi connectivity index (χ0) is 31.4. The van der Waals surface area contributed by atoms with E-state index in [1.807, 2.05) is 48.5 Å². The maximum Gasteiger partial charge on any atom is 0.115 e. The Kier molecular flexibility index (Phi) is 8.91. The number of rotatable bonds is 6. The molecular formula is C39H42O4. The van der Waals surface area contributed by atoms with Gasteiger partial charge in [-0.1, -0.05) is 114 Å². The molecule has 5 rings (SSSR count). The van der Waals surface area contributed by atoms with E-state index in [1.165, 1.54) is 11.1 Å². The molecule has 5 aromatic carbocycles. The average molecular weight is 575 g/mol. The van der Waals surface area contributed by atoms with Gasteiger partial charge in [-0.25, -0.2) is 0 Å². The highest BCUT2D eigenvalue weighted by Gasteiger charge is 2.28. The normalized spacial score (nSPS) is 11.9. The molecule has 0 radical (unpaired) electrons. The third kappa shape index (κ3) is 7.03. The van der Waals surface area contributed by atoms with Gasteiger partial charge in [0.2, 0.25) is 0 Å². The van der Waals surface area contributed by atoms with Gasteiger partial charge < -0.3 is 20.4 Å². The molecule has 0 saturated carbocycles. The minimum absolute atomic E-state index is 0.151. The van der Waals surface area contributed by atoms with Gasteiger partial charge in [0.15, 0.2) is 0 Å². The van der Waals surface area contributed by atoms with E-state index >= 15 is 0 Å². The van der Waals surface area contributed by atoms with Crippen molar-refractivity contribution >= 4 is 0 Å². The van der Waals surface area contributed by atoms with Crippen LogP contribution in [0, 0.1) is 0 Å². The molecule has 0 heterocycles. The summed E-state index contributed by atoms with van der Waals surface area (Å²) < 4.78 is 0. The summed E-state index contributed by atoms with van der Waals surface area (Å²) in [7, 11) is 0. The van der Waals surface area contributed by atoms with Crippen LogP contribution in [0.15, 0.2) is 121 Å². The van der Waals surface area contributed by atoms with Crippen molar-refractivity contribution in [2.45, 2.75) is 57.8 Å². The lowest BCUT2D eigenvalue weighted by Gasteiger charge is -2.31. The molecule has 5 aromatic rings. The van der Waals surface area contributed by atoms with Crippen LogP contribution in [0.4, 0.5) is 0 Å². The van der Waals surface area contributed by atoms with Crippen LogP contribution < -0.4 is 0 Å². The van der Waals surface area contributed by atoms with Gasteiger partial charge in [-0.3, -0.25) is 0 Å². The number of hydrogen-bond donors (Lipinski definition) is 4. The summed E-state index contributed by atoms with van der Waals surface area (Å²) in [6, 6.07) is 38.0. The molecule has 0 unspecified atom stereocenters. The van der Waals surface area contributed by atoms with E-state index in [0.29, 0.717) is 0 Å². The summed E-state index contributed by atoms with van der Waals surface area (Å²) in [4.78, 5) is 0. The second-order valence-corrected chi connectivity index (χ2v) is 12.6. The summed E-state index contributed by atoms with van der Waals surface area (Å²) in [5.41, 5.74) is 6.54. The van der Waals surface area contributed by atoms with Crippen LogP contribution in [-0.2, 0) is 16.2 Å². The largest absolute Gasteiger partial charge is 0.508 e. The third-order valence-corrected chi connectivity index (χ3v) is 8.66. The highest BCUT2D eigenvalue weighted by molar-refractivity contribution is 5.46. The maximum atomic E-state index is 9.57. The van der Waals surface area contributed by atoms with Gasteiger partial charge in [0.1, 0.15) is 23.0 Å². The van der Waals surface area contributed by atoms with E-state index in [1.54, 1.807) is 48.5 Å². The Morgan fingerprint density at radius 1 is 0.302 bits per heavy atom. The monoisotopic (exact) mass is 574 g/mol. The van der Waals surface area contributed by atoms with E-state index in [9.17, 15) is 20.4 Å². The summed E-state index contributed by atoms with van der Waals surface area (Å²) in [5, 5.41) is 37.7. The quantitative estimate of drug-likeness (QED) is 0.163. The minimum atomic E-state index is -0.172. The molecule has 0 bridgehead atoms. The molecule has 43 heavy (non-hydrogen) atoms. The molecule has 4 nitrogen and oxygen atoms in total. The van der Waals surface area contributed by atoms with Crippen LogP contribution in [0.25, 0.3) is 0 Å². The second kappa shape index (κ2) is 12.3. The molecule has 222 valence electrons. The van der Waals surface area contributed by atoms with Crippen molar-refractivity contribution in [3.63, 3.8) is 0 Å². The average Bonchev–Trinajstić information content (AvgIpc) is 2.98. The molecule has 4 heteroatoms. The van der Waals surface area contributed by atoms with E-state index in [2.05, 4.69) is 65.8 Å². The van der Waals surface area contributed by atoms with Crippen LogP contribution in [0.3, 0.4) is 0 Å². The Balaban J connectivity index is 0.000000215. The van der Waals surface area contributed by atoms with Gasteiger partial charge in [-0.05, 0) is 81.9 Å². The molecule has 0 aliphatic heterocycles. The zero-order valence-electron chi connectivity index (χ0n) is 25.8. The molecule has 0 aliphatic carbocycles. The van der Waals surface area contributed by atoms with Gasteiger partial charge in [-0.15, -0.1) is 0 Å². The molecule has 4 N–H and O–H groups in total. The smallest absolute Gasteiger partial charge is 0.115 e. The van der Waals surface area contributed by atoms with E-state index in [0.717, 1.165) is 22.3 Å². The molecular weight excluding hydrogens is 532 g/mol. The summed E-state index contributed by atoms with van der Waals surface area (Å²) >= 11 is 0. The highest BCUT2D eigenvalue weighted by atomic mass is 16.3. The summed E-state index contributed by atoms with van der Waals surface area (Å²) in [6.07, 6.45) is 0. The first-order chi connectivity index (χ1) is 20.2. The molecule has 0 saturated heterocycles. The Morgan fingerprint density at radius 3 is 0.744 bits per heavy atom. The first-order valence-corrected chi connectivity index (χ1v) is 14.5. The van der Waals surface area contributed by atoms with E-state index in [-0.39, 0.29) is 39.2 Å². The number of hydrogen-bond acceptors (Lipinski definition) is 4. The van der Waals surface area contributed by atoms with Crippen LogP contribution in [0.2, 0.25) is 0 Å². The molecule has 0 aliphatic rings. The van der Waals surface area contributed by atoms with Gasteiger partial charge in [0.05, 0.1) is 0 Å². The Morgan fingerprint density at radius 2 is 0.512 bits per heavy atom. The molecule has 0 aromatic heterocycles. The van der Waals surface area contributed by atoms with Crippen LogP contribution >= 0.6 is 0 Å². The van der Waals surface area contributed by atoms with Crippen LogP contribution in [-0.4, -0.2) is 20.4 Å². The number of phenols is 4. The summed E-state index contributed by atoms with van der Waals surface area (Å²) in [5.74, 6) is 1.11. The second-order valence-electron chi connectivity index (χ2n) is 12.6. The predicted octanol–water partition coefficient (Wildman–Crippen LogP) is 9.17. The summed E-state index contributed by atoms with van der Waals surface area (Å²) in [6.45, 7) is 13.0. The molecule has 0 spiro atoms. The fourth-order valence-corrected chi connectivity index (χ4v) is 5.31. The van der Waals surface area contributed by atoms with Crippen molar-refractivity contribution < 1.29 is 20.4 Å². The van der Waals surface area contributed by atoms with Gasteiger partial charge in [-0.2, -0.15) is 0 Å². The lowest BCUT2D eigenvalue weighted by Crippen LogP contribution is -2.22. The van der Waals surface area contributed by atoms with Gasteiger partial charge in [0.25, 0.3) is 0 Å². The van der Waals surface area contributed by atoms with Crippen molar-refractivity contribution in [1.82, 2.24) is 0 Å². The predicted molar refractivity (Wildman–Crippen MR) is 175 cm³/mol. The SMILES string of the molecule is CC(C)(c1ccc(O)cc1)c1ccc(O)cc1.CC(C)(c1ccc(O)cc1)c1cccc(C(C)(C)c2ccc(O)cc2)c1. The first-order valence-electron chi connectivity index (χ1n) is 14.5. The minimum Gasteiger partial charge on any atom is -0.508 e. The molecule has 0 amide bonds. The van der Waals surface area contributed by atoms with Crippen molar-refractivity contribution in [2.75, 3.05) is 0 Å². The van der Waals surface area contributed by atoms with E-state index in [4.69, 9.17) is 0 Å². The first kappa shape index (κ1) is 31.2. The number of aromatic hydroxyl groups is 4. The van der Waals surface area contributed by atoms with Crippen molar-refractivity contribution in [3.05, 3.63) is 155 Å². The van der Waals surface area contributed by atoms with Gasteiger partial charge in [0, 0.05) is 16.2 Å².